The SMILES string of the molecule is CCn1cc(C2=CC(N)CCCC2)cn1. The van der Waals surface area contributed by atoms with Crippen LogP contribution in [-0.4, -0.2) is 15.8 Å². The van der Waals surface area contributed by atoms with E-state index < -0.39 is 0 Å². The Bertz CT molecular complexity index is 352. The lowest BCUT2D eigenvalue weighted by atomic mass is 10.0. The van der Waals surface area contributed by atoms with Gasteiger partial charge in [-0.2, -0.15) is 5.10 Å². The second-order valence-corrected chi connectivity index (χ2v) is 4.19. The van der Waals surface area contributed by atoms with Crippen molar-refractivity contribution in [2.24, 2.45) is 5.73 Å². The number of hydrogen-bond donors (Lipinski definition) is 1. The standard InChI is InChI=1S/C12H19N3/c1-2-15-9-11(8-14-15)10-5-3-4-6-12(13)7-10/h7-9,12H,2-6,13H2,1H3. The van der Waals surface area contributed by atoms with Crippen LogP contribution in [0.4, 0.5) is 0 Å². The Balaban J connectivity index is 2.20. The lowest BCUT2D eigenvalue weighted by molar-refractivity contribution is 0.657. The largest absolute Gasteiger partial charge is 0.324 e. The van der Waals surface area contributed by atoms with Crippen LogP contribution in [0.3, 0.4) is 0 Å². The summed E-state index contributed by atoms with van der Waals surface area (Å²) in [4.78, 5) is 0. The van der Waals surface area contributed by atoms with Crippen LogP contribution in [0, 0.1) is 0 Å². The van der Waals surface area contributed by atoms with Gasteiger partial charge in [-0.15, -0.1) is 0 Å². The maximum absolute atomic E-state index is 6.00. The first kappa shape index (κ1) is 10.4. The molecule has 0 fully saturated rings. The molecule has 0 saturated heterocycles. The average molecular weight is 205 g/mol. The summed E-state index contributed by atoms with van der Waals surface area (Å²) in [6.07, 6.45) is 11.0. The van der Waals surface area contributed by atoms with E-state index in [1.54, 1.807) is 0 Å². The quantitative estimate of drug-likeness (QED) is 0.804. The highest BCUT2D eigenvalue weighted by Gasteiger charge is 2.11. The summed E-state index contributed by atoms with van der Waals surface area (Å²) in [5, 5.41) is 4.30. The third-order valence-corrected chi connectivity index (χ3v) is 2.98. The van der Waals surface area contributed by atoms with Crippen LogP contribution in [0.25, 0.3) is 5.57 Å². The van der Waals surface area contributed by atoms with Crippen LogP contribution in [0.15, 0.2) is 18.5 Å². The Morgan fingerprint density at radius 1 is 1.53 bits per heavy atom. The molecule has 1 atom stereocenters. The van der Waals surface area contributed by atoms with E-state index in [4.69, 9.17) is 5.73 Å². The summed E-state index contributed by atoms with van der Waals surface area (Å²) in [6.45, 7) is 3.03. The fraction of sp³-hybridized carbons (Fsp3) is 0.583. The summed E-state index contributed by atoms with van der Waals surface area (Å²) in [5.41, 5.74) is 8.62. The van der Waals surface area contributed by atoms with E-state index in [9.17, 15) is 0 Å². The molecule has 1 aliphatic carbocycles. The number of nitrogens with zero attached hydrogens (tertiary/aromatic N) is 2. The second-order valence-electron chi connectivity index (χ2n) is 4.19. The van der Waals surface area contributed by atoms with Gasteiger partial charge in [-0.05, 0) is 31.8 Å². The fourth-order valence-corrected chi connectivity index (χ4v) is 2.06. The Morgan fingerprint density at radius 2 is 2.40 bits per heavy atom. The number of aromatic nitrogens is 2. The molecule has 3 heteroatoms. The highest BCUT2D eigenvalue weighted by Crippen LogP contribution is 2.25. The zero-order valence-electron chi connectivity index (χ0n) is 9.32. The summed E-state index contributed by atoms with van der Waals surface area (Å²) in [6, 6.07) is 0.229. The van der Waals surface area contributed by atoms with E-state index in [0.29, 0.717) is 0 Å². The molecule has 1 heterocycles. The first-order valence-corrected chi connectivity index (χ1v) is 5.78. The molecule has 0 saturated carbocycles. The van der Waals surface area contributed by atoms with Gasteiger partial charge in [-0.3, -0.25) is 4.68 Å². The average Bonchev–Trinajstić information content (AvgIpc) is 2.61. The Morgan fingerprint density at radius 3 is 3.13 bits per heavy atom. The molecule has 0 aliphatic heterocycles. The van der Waals surface area contributed by atoms with E-state index in [2.05, 4.69) is 24.3 Å². The molecule has 82 valence electrons. The van der Waals surface area contributed by atoms with Gasteiger partial charge in [0, 0.05) is 24.3 Å². The lowest BCUT2D eigenvalue weighted by Crippen LogP contribution is -2.15. The van der Waals surface area contributed by atoms with Gasteiger partial charge in [0.1, 0.15) is 0 Å². The number of nitrogens with two attached hydrogens (primary N) is 1. The summed E-state index contributed by atoms with van der Waals surface area (Å²) in [5.74, 6) is 0. The zero-order valence-corrected chi connectivity index (χ0v) is 9.32. The van der Waals surface area contributed by atoms with E-state index in [1.165, 1.54) is 24.0 Å². The van der Waals surface area contributed by atoms with Crippen molar-refractivity contribution in [1.29, 1.82) is 0 Å². The Kier molecular flexibility index (Phi) is 3.21. The van der Waals surface area contributed by atoms with E-state index in [0.717, 1.165) is 19.4 Å². The van der Waals surface area contributed by atoms with Crippen LogP contribution < -0.4 is 5.73 Å². The third kappa shape index (κ3) is 2.48. The monoisotopic (exact) mass is 205 g/mol. The molecule has 0 amide bonds. The number of hydrogen-bond acceptors (Lipinski definition) is 2. The maximum Gasteiger partial charge on any atom is 0.0564 e. The Hall–Kier alpha value is -1.09. The smallest absolute Gasteiger partial charge is 0.0564 e. The van der Waals surface area contributed by atoms with Crippen LogP contribution >= 0.6 is 0 Å². The molecule has 15 heavy (non-hydrogen) atoms. The van der Waals surface area contributed by atoms with Crippen molar-refractivity contribution in [2.75, 3.05) is 0 Å². The molecule has 1 aromatic heterocycles. The van der Waals surface area contributed by atoms with Crippen LogP contribution in [0.2, 0.25) is 0 Å². The van der Waals surface area contributed by atoms with E-state index >= 15 is 0 Å². The molecule has 1 unspecified atom stereocenters. The third-order valence-electron chi connectivity index (χ3n) is 2.98. The molecule has 0 bridgehead atoms. The number of rotatable bonds is 2. The van der Waals surface area contributed by atoms with Crippen LogP contribution in [0.5, 0.6) is 0 Å². The second kappa shape index (κ2) is 4.62. The fourth-order valence-electron chi connectivity index (χ4n) is 2.06. The molecular formula is C12H19N3. The van der Waals surface area contributed by atoms with Crippen molar-refractivity contribution in [3.63, 3.8) is 0 Å². The van der Waals surface area contributed by atoms with Crippen molar-refractivity contribution in [2.45, 2.75) is 45.2 Å². The number of aryl methyl sites for hydroxylation is 1. The van der Waals surface area contributed by atoms with E-state index in [1.807, 2.05) is 10.9 Å². The van der Waals surface area contributed by atoms with Crippen molar-refractivity contribution in [1.82, 2.24) is 9.78 Å². The van der Waals surface area contributed by atoms with Gasteiger partial charge in [0.25, 0.3) is 0 Å². The molecule has 0 spiro atoms. The minimum absolute atomic E-state index is 0.229. The summed E-state index contributed by atoms with van der Waals surface area (Å²) < 4.78 is 1.96. The first-order valence-electron chi connectivity index (χ1n) is 5.78. The van der Waals surface area contributed by atoms with Gasteiger partial charge in [0.2, 0.25) is 0 Å². The highest BCUT2D eigenvalue weighted by atomic mass is 15.3. The molecule has 1 aliphatic rings. The van der Waals surface area contributed by atoms with Crippen molar-refractivity contribution < 1.29 is 0 Å². The number of allylic oxidation sites excluding steroid dienone is 1. The predicted molar refractivity (Wildman–Crippen MR) is 62.3 cm³/mol. The van der Waals surface area contributed by atoms with Crippen LogP contribution in [-0.2, 0) is 6.54 Å². The normalized spacial score (nSPS) is 22.3. The van der Waals surface area contributed by atoms with Crippen LogP contribution in [0.1, 0.15) is 38.2 Å². The minimum Gasteiger partial charge on any atom is -0.324 e. The highest BCUT2D eigenvalue weighted by molar-refractivity contribution is 5.65. The molecule has 3 nitrogen and oxygen atoms in total. The molecule has 0 radical (unpaired) electrons. The molecule has 0 aromatic carbocycles. The Labute approximate surface area is 91.0 Å². The maximum atomic E-state index is 6.00. The minimum atomic E-state index is 0.229. The lowest BCUT2D eigenvalue weighted by Gasteiger charge is -2.03. The first-order chi connectivity index (χ1) is 7.29. The summed E-state index contributed by atoms with van der Waals surface area (Å²) in [7, 11) is 0. The van der Waals surface area contributed by atoms with Crippen molar-refractivity contribution in [3.8, 4) is 0 Å². The summed E-state index contributed by atoms with van der Waals surface area (Å²) >= 11 is 0. The molecule has 2 rings (SSSR count). The molecule has 2 N–H and O–H groups in total. The zero-order chi connectivity index (χ0) is 10.7. The topological polar surface area (TPSA) is 43.8 Å². The van der Waals surface area contributed by atoms with Crippen molar-refractivity contribution in [3.05, 3.63) is 24.0 Å². The van der Waals surface area contributed by atoms with Gasteiger partial charge in [-0.1, -0.05) is 12.5 Å². The van der Waals surface area contributed by atoms with Gasteiger partial charge in [0.05, 0.1) is 6.20 Å². The van der Waals surface area contributed by atoms with Gasteiger partial charge >= 0.3 is 0 Å². The predicted octanol–water partition coefficient (Wildman–Crippen LogP) is 2.19. The van der Waals surface area contributed by atoms with Gasteiger partial charge < -0.3 is 5.73 Å². The molecular weight excluding hydrogens is 186 g/mol. The van der Waals surface area contributed by atoms with Gasteiger partial charge in [-0.25, -0.2) is 0 Å². The van der Waals surface area contributed by atoms with Gasteiger partial charge in [0.15, 0.2) is 0 Å². The molecule has 1 aromatic rings. The van der Waals surface area contributed by atoms with E-state index in [-0.39, 0.29) is 6.04 Å². The van der Waals surface area contributed by atoms with Crippen molar-refractivity contribution >= 4 is 5.57 Å².